The van der Waals surface area contributed by atoms with Crippen molar-refractivity contribution in [3.8, 4) is 0 Å². The minimum absolute atomic E-state index is 0.147. The van der Waals surface area contributed by atoms with Crippen LogP contribution in [0.2, 0.25) is 0 Å². The summed E-state index contributed by atoms with van der Waals surface area (Å²) in [6.07, 6.45) is 1.29. The average molecular weight is 289 g/mol. The Kier molecular flexibility index (Phi) is 4.92. The highest BCUT2D eigenvalue weighted by atomic mass is 15.2. The zero-order chi connectivity index (χ0) is 15.6. The van der Waals surface area contributed by atoms with Crippen LogP contribution in [0.25, 0.3) is 0 Å². The van der Waals surface area contributed by atoms with E-state index in [1.54, 1.807) is 0 Å². The van der Waals surface area contributed by atoms with E-state index in [1.807, 2.05) is 0 Å². The van der Waals surface area contributed by atoms with Crippen LogP contribution in [0.1, 0.15) is 52.3 Å². The zero-order valence-electron chi connectivity index (χ0n) is 14.5. The Morgan fingerprint density at radius 3 is 2.62 bits per heavy atom. The first-order chi connectivity index (χ1) is 9.74. The fraction of sp³-hybridized carbons (Fsp3) is 0.722. The molecule has 2 rings (SSSR count). The number of pyridine rings is 1. The van der Waals surface area contributed by atoms with E-state index in [9.17, 15) is 0 Å². The van der Waals surface area contributed by atoms with Crippen molar-refractivity contribution in [2.75, 3.05) is 18.0 Å². The molecule has 1 aromatic heterocycles. The summed E-state index contributed by atoms with van der Waals surface area (Å²) in [6.45, 7) is 16.6. The van der Waals surface area contributed by atoms with Gasteiger partial charge in [-0.1, -0.05) is 13.8 Å². The molecule has 1 N–H and O–H groups in total. The molecule has 21 heavy (non-hydrogen) atoms. The van der Waals surface area contributed by atoms with Crippen LogP contribution in [-0.4, -0.2) is 23.6 Å². The van der Waals surface area contributed by atoms with Crippen molar-refractivity contribution in [1.82, 2.24) is 10.3 Å². The Bertz CT molecular complexity index is 474. The third-order valence-electron chi connectivity index (χ3n) is 4.31. The smallest absolute Gasteiger partial charge is 0.129 e. The number of aromatic nitrogens is 1. The third kappa shape index (κ3) is 4.70. The largest absolute Gasteiger partial charge is 0.356 e. The van der Waals surface area contributed by atoms with Crippen molar-refractivity contribution in [2.45, 2.75) is 60.0 Å². The molecule has 1 fully saturated rings. The van der Waals surface area contributed by atoms with Crippen molar-refractivity contribution >= 4 is 5.82 Å². The maximum absolute atomic E-state index is 4.75. The standard InChI is InChI=1S/C18H31N3/c1-13(2)16-7-8-21(12-16)17-10-15(9-14(3)20-17)11-19-18(4,5)6/h9-10,13,16,19H,7-8,11-12H2,1-6H3. The molecule has 0 radical (unpaired) electrons. The van der Waals surface area contributed by atoms with E-state index in [1.165, 1.54) is 12.0 Å². The van der Waals surface area contributed by atoms with E-state index in [4.69, 9.17) is 4.98 Å². The fourth-order valence-corrected chi connectivity index (χ4v) is 2.89. The molecule has 1 aromatic rings. The molecule has 0 amide bonds. The summed E-state index contributed by atoms with van der Waals surface area (Å²) in [5.74, 6) is 2.73. The predicted octanol–water partition coefficient (Wildman–Crippen LogP) is 3.76. The molecular formula is C18H31N3. The minimum atomic E-state index is 0.147. The number of aryl methyl sites for hydroxylation is 1. The number of hydrogen-bond donors (Lipinski definition) is 1. The lowest BCUT2D eigenvalue weighted by Crippen LogP contribution is -2.35. The number of anilines is 1. The third-order valence-corrected chi connectivity index (χ3v) is 4.31. The zero-order valence-corrected chi connectivity index (χ0v) is 14.5. The Morgan fingerprint density at radius 1 is 1.33 bits per heavy atom. The monoisotopic (exact) mass is 289 g/mol. The van der Waals surface area contributed by atoms with E-state index < -0.39 is 0 Å². The molecule has 0 aliphatic carbocycles. The molecule has 118 valence electrons. The van der Waals surface area contributed by atoms with Crippen molar-refractivity contribution < 1.29 is 0 Å². The maximum Gasteiger partial charge on any atom is 0.129 e. The Balaban J connectivity index is 2.09. The van der Waals surface area contributed by atoms with Crippen LogP contribution in [-0.2, 0) is 6.54 Å². The van der Waals surface area contributed by atoms with Crippen LogP contribution in [0, 0.1) is 18.8 Å². The normalized spacial score (nSPS) is 19.6. The molecule has 1 unspecified atom stereocenters. The second-order valence-electron chi connectivity index (χ2n) is 7.82. The van der Waals surface area contributed by atoms with Crippen LogP contribution in [0.4, 0.5) is 5.82 Å². The lowest BCUT2D eigenvalue weighted by atomic mass is 9.95. The molecule has 0 aromatic carbocycles. The van der Waals surface area contributed by atoms with Gasteiger partial charge < -0.3 is 10.2 Å². The van der Waals surface area contributed by atoms with E-state index in [-0.39, 0.29) is 5.54 Å². The van der Waals surface area contributed by atoms with Gasteiger partial charge >= 0.3 is 0 Å². The van der Waals surface area contributed by atoms with Crippen LogP contribution in [0.3, 0.4) is 0 Å². The molecule has 3 heteroatoms. The number of nitrogens with zero attached hydrogens (tertiary/aromatic N) is 2. The summed E-state index contributed by atoms with van der Waals surface area (Å²) in [7, 11) is 0. The van der Waals surface area contributed by atoms with Gasteiger partial charge in [0.2, 0.25) is 0 Å². The van der Waals surface area contributed by atoms with Crippen LogP contribution in [0.15, 0.2) is 12.1 Å². The van der Waals surface area contributed by atoms with E-state index in [0.717, 1.165) is 43.0 Å². The van der Waals surface area contributed by atoms with Gasteiger partial charge in [0.15, 0.2) is 0 Å². The van der Waals surface area contributed by atoms with Crippen LogP contribution >= 0.6 is 0 Å². The van der Waals surface area contributed by atoms with Gasteiger partial charge in [-0.05, 0) is 63.6 Å². The Labute approximate surface area is 130 Å². The molecular weight excluding hydrogens is 258 g/mol. The predicted molar refractivity (Wildman–Crippen MR) is 90.7 cm³/mol. The SMILES string of the molecule is Cc1cc(CNC(C)(C)C)cc(N2CCC(C(C)C)C2)n1. The molecule has 0 bridgehead atoms. The summed E-state index contributed by atoms with van der Waals surface area (Å²) in [6, 6.07) is 4.45. The summed E-state index contributed by atoms with van der Waals surface area (Å²) in [5.41, 5.74) is 2.60. The first kappa shape index (κ1) is 16.3. The number of rotatable bonds is 4. The first-order valence-electron chi connectivity index (χ1n) is 8.22. The maximum atomic E-state index is 4.75. The molecule has 0 saturated carbocycles. The lowest BCUT2D eigenvalue weighted by molar-refractivity contribution is 0.422. The van der Waals surface area contributed by atoms with Gasteiger partial charge in [0.05, 0.1) is 0 Å². The Morgan fingerprint density at radius 2 is 2.05 bits per heavy atom. The fourth-order valence-electron chi connectivity index (χ4n) is 2.89. The molecule has 3 nitrogen and oxygen atoms in total. The van der Waals surface area contributed by atoms with Crippen molar-refractivity contribution in [3.63, 3.8) is 0 Å². The van der Waals surface area contributed by atoms with Gasteiger partial charge in [-0.2, -0.15) is 0 Å². The molecule has 2 heterocycles. The summed E-state index contributed by atoms with van der Waals surface area (Å²) in [5, 5.41) is 3.56. The van der Waals surface area contributed by atoms with Gasteiger partial charge in [0.25, 0.3) is 0 Å². The highest BCUT2D eigenvalue weighted by Gasteiger charge is 2.26. The molecule has 0 spiro atoms. The summed E-state index contributed by atoms with van der Waals surface area (Å²) >= 11 is 0. The highest BCUT2D eigenvalue weighted by molar-refractivity contribution is 5.43. The molecule has 1 aliphatic rings. The highest BCUT2D eigenvalue weighted by Crippen LogP contribution is 2.28. The van der Waals surface area contributed by atoms with Crippen molar-refractivity contribution in [3.05, 3.63) is 23.4 Å². The van der Waals surface area contributed by atoms with E-state index in [2.05, 4.69) is 63.9 Å². The lowest BCUT2D eigenvalue weighted by Gasteiger charge is -2.23. The second kappa shape index (κ2) is 6.35. The van der Waals surface area contributed by atoms with Crippen molar-refractivity contribution in [1.29, 1.82) is 0 Å². The van der Waals surface area contributed by atoms with Gasteiger partial charge in [-0.15, -0.1) is 0 Å². The number of nitrogens with one attached hydrogen (secondary N) is 1. The molecule has 1 aliphatic heterocycles. The van der Waals surface area contributed by atoms with Gasteiger partial charge in [0.1, 0.15) is 5.82 Å². The van der Waals surface area contributed by atoms with Crippen LogP contribution in [0.5, 0.6) is 0 Å². The summed E-state index contributed by atoms with van der Waals surface area (Å²) in [4.78, 5) is 7.21. The molecule has 1 atom stereocenters. The summed E-state index contributed by atoms with van der Waals surface area (Å²) < 4.78 is 0. The first-order valence-corrected chi connectivity index (χ1v) is 8.22. The van der Waals surface area contributed by atoms with E-state index in [0.29, 0.717) is 0 Å². The topological polar surface area (TPSA) is 28.2 Å². The van der Waals surface area contributed by atoms with Gasteiger partial charge in [-0.3, -0.25) is 0 Å². The van der Waals surface area contributed by atoms with Gasteiger partial charge in [0, 0.05) is 30.9 Å². The van der Waals surface area contributed by atoms with Crippen LogP contribution < -0.4 is 10.2 Å². The van der Waals surface area contributed by atoms with E-state index >= 15 is 0 Å². The Hall–Kier alpha value is -1.09. The van der Waals surface area contributed by atoms with Crippen molar-refractivity contribution in [2.24, 2.45) is 11.8 Å². The average Bonchev–Trinajstić information content (AvgIpc) is 2.84. The van der Waals surface area contributed by atoms with Gasteiger partial charge in [-0.25, -0.2) is 4.98 Å². The second-order valence-corrected chi connectivity index (χ2v) is 7.82. The molecule has 1 saturated heterocycles. The number of hydrogen-bond acceptors (Lipinski definition) is 3. The quantitative estimate of drug-likeness (QED) is 0.914. The minimum Gasteiger partial charge on any atom is -0.356 e.